The van der Waals surface area contributed by atoms with Gasteiger partial charge in [0.2, 0.25) is 11.8 Å². The second-order valence-corrected chi connectivity index (χ2v) is 6.49. The highest BCUT2D eigenvalue weighted by molar-refractivity contribution is 6.31. The lowest BCUT2D eigenvalue weighted by molar-refractivity contribution is -0.122. The molecule has 1 N–H and O–H groups in total. The highest BCUT2D eigenvalue weighted by Crippen LogP contribution is 2.28. The molecule has 0 aromatic heterocycles. The molecular formula is C19H19ClN2O3. The first-order valence-electron chi connectivity index (χ1n) is 7.99. The molecule has 0 bridgehead atoms. The number of anilines is 2. The molecule has 130 valence electrons. The fourth-order valence-corrected chi connectivity index (χ4v) is 3.03. The average molecular weight is 359 g/mol. The van der Waals surface area contributed by atoms with Crippen LogP contribution in [0.25, 0.3) is 0 Å². The second kappa shape index (κ2) is 7.15. The van der Waals surface area contributed by atoms with Crippen LogP contribution >= 0.6 is 11.6 Å². The van der Waals surface area contributed by atoms with Crippen molar-refractivity contribution in [1.82, 2.24) is 0 Å². The molecule has 1 heterocycles. The van der Waals surface area contributed by atoms with Crippen molar-refractivity contribution in [2.45, 2.75) is 13.3 Å². The number of hydrogen-bond acceptors (Lipinski definition) is 3. The van der Waals surface area contributed by atoms with Gasteiger partial charge in [0.15, 0.2) is 0 Å². The molecular weight excluding hydrogens is 340 g/mol. The monoisotopic (exact) mass is 358 g/mol. The van der Waals surface area contributed by atoms with Crippen LogP contribution in [-0.4, -0.2) is 25.5 Å². The van der Waals surface area contributed by atoms with Crippen molar-refractivity contribution in [1.29, 1.82) is 0 Å². The van der Waals surface area contributed by atoms with Crippen LogP contribution in [0.3, 0.4) is 0 Å². The highest BCUT2D eigenvalue weighted by Gasteiger charge is 2.35. The number of hydrogen-bond donors (Lipinski definition) is 1. The summed E-state index contributed by atoms with van der Waals surface area (Å²) in [6, 6.07) is 12.6. The molecule has 5 nitrogen and oxygen atoms in total. The van der Waals surface area contributed by atoms with E-state index in [0.717, 1.165) is 17.0 Å². The number of amides is 2. The average Bonchev–Trinajstić information content (AvgIpc) is 3.00. The van der Waals surface area contributed by atoms with E-state index in [2.05, 4.69) is 5.32 Å². The molecule has 25 heavy (non-hydrogen) atoms. The van der Waals surface area contributed by atoms with E-state index in [4.69, 9.17) is 16.3 Å². The number of benzene rings is 2. The SMILES string of the molecule is COc1ccc(N2C[C@H](C(=O)Nc3cc(Cl)ccc3C)CC2=O)cc1. The van der Waals surface area contributed by atoms with Gasteiger partial charge in [-0.15, -0.1) is 0 Å². The number of ether oxygens (including phenoxy) is 1. The van der Waals surface area contributed by atoms with Crippen molar-refractivity contribution < 1.29 is 14.3 Å². The number of carbonyl (C=O) groups is 2. The number of nitrogens with zero attached hydrogens (tertiary/aromatic N) is 1. The maximum Gasteiger partial charge on any atom is 0.229 e. The fourth-order valence-electron chi connectivity index (χ4n) is 2.86. The topological polar surface area (TPSA) is 58.6 Å². The summed E-state index contributed by atoms with van der Waals surface area (Å²) >= 11 is 5.99. The van der Waals surface area contributed by atoms with Crippen LogP contribution in [0.4, 0.5) is 11.4 Å². The van der Waals surface area contributed by atoms with E-state index in [1.807, 2.05) is 25.1 Å². The molecule has 2 aromatic carbocycles. The largest absolute Gasteiger partial charge is 0.497 e. The van der Waals surface area contributed by atoms with Gasteiger partial charge in [0.1, 0.15) is 5.75 Å². The lowest BCUT2D eigenvalue weighted by atomic mass is 10.1. The molecule has 2 amide bonds. The second-order valence-electron chi connectivity index (χ2n) is 6.05. The molecule has 3 rings (SSSR count). The van der Waals surface area contributed by atoms with Gasteiger partial charge in [-0.25, -0.2) is 0 Å². The number of carbonyl (C=O) groups excluding carboxylic acids is 2. The van der Waals surface area contributed by atoms with Crippen LogP contribution in [0.2, 0.25) is 5.02 Å². The summed E-state index contributed by atoms with van der Waals surface area (Å²) in [5.41, 5.74) is 2.36. The summed E-state index contributed by atoms with van der Waals surface area (Å²) in [4.78, 5) is 26.5. The van der Waals surface area contributed by atoms with Crippen molar-refractivity contribution in [2.75, 3.05) is 23.9 Å². The van der Waals surface area contributed by atoms with E-state index in [-0.39, 0.29) is 18.2 Å². The zero-order valence-electron chi connectivity index (χ0n) is 14.1. The van der Waals surface area contributed by atoms with Crippen molar-refractivity contribution >= 4 is 34.8 Å². The molecule has 0 saturated carbocycles. The summed E-state index contributed by atoms with van der Waals surface area (Å²) < 4.78 is 5.13. The third-order valence-electron chi connectivity index (χ3n) is 4.34. The lowest BCUT2D eigenvalue weighted by Crippen LogP contribution is -2.28. The number of methoxy groups -OCH3 is 1. The molecule has 2 aromatic rings. The zero-order chi connectivity index (χ0) is 18.0. The summed E-state index contributed by atoms with van der Waals surface area (Å²) in [7, 11) is 1.59. The lowest BCUT2D eigenvalue weighted by Gasteiger charge is -2.17. The van der Waals surface area contributed by atoms with E-state index < -0.39 is 5.92 Å². The van der Waals surface area contributed by atoms with Crippen LogP contribution in [0.15, 0.2) is 42.5 Å². The molecule has 1 atom stereocenters. The summed E-state index contributed by atoms with van der Waals surface area (Å²) in [6.07, 6.45) is 0.192. The minimum Gasteiger partial charge on any atom is -0.497 e. The quantitative estimate of drug-likeness (QED) is 0.907. The van der Waals surface area contributed by atoms with E-state index in [9.17, 15) is 9.59 Å². The van der Waals surface area contributed by atoms with E-state index in [0.29, 0.717) is 17.3 Å². The number of rotatable bonds is 4. The van der Waals surface area contributed by atoms with Crippen molar-refractivity contribution in [3.8, 4) is 5.75 Å². The summed E-state index contributed by atoms with van der Waals surface area (Å²) in [5, 5.41) is 3.44. The first-order chi connectivity index (χ1) is 12.0. The van der Waals surface area contributed by atoms with Crippen LogP contribution in [0.1, 0.15) is 12.0 Å². The Kier molecular flexibility index (Phi) is 4.95. The Morgan fingerprint density at radius 1 is 1.24 bits per heavy atom. The molecule has 1 aliphatic rings. The Bertz CT molecular complexity index is 805. The van der Waals surface area contributed by atoms with Gasteiger partial charge in [-0.1, -0.05) is 17.7 Å². The van der Waals surface area contributed by atoms with E-state index >= 15 is 0 Å². The van der Waals surface area contributed by atoms with Crippen LogP contribution in [-0.2, 0) is 9.59 Å². The Balaban J connectivity index is 1.70. The highest BCUT2D eigenvalue weighted by atomic mass is 35.5. The number of halogens is 1. The standard InChI is InChI=1S/C19H19ClN2O3/c1-12-3-4-14(20)10-17(12)21-19(24)13-9-18(23)22(11-13)15-5-7-16(25-2)8-6-15/h3-8,10,13H,9,11H2,1-2H3,(H,21,24)/t13-/m1/s1. The van der Waals surface area contributed by atoms with Gasteiger partial charge in [-0.3, -0.25) is 9.59 Å². The van der Waals surface area contributed by atoms with Gasteiger partial charge < -0.3 is 15.0 Å². The normalized spacial score (nSPS) is 16.8. The summed E-state index contributed by atoms with van der Waals surface area (Å²) in [6.45, 7) is 2.26. The molecule has 0 radical (unpaired) electrons. The van der Waals surface area contributed by atoms with Gasteiger partial charge in [0, 0.05) is 29.4 Å². The van der Waals surface area contributed by atoms with Gasteiger partial charge in [0.25, 0.3) is 0 Å². The third-order valence-corrected chi connectivity index (χ3v) is 4.57. The van der Waals surface area contributed by atoms with Gasteiger partial charge in [0.05, 0.1) is 13.0 Å². The molecule has 1 aliphatic heterocycles. The Hall–Kier alpha value is -2.53. The number of nitrogens with one attached hydrogen (secondary N) is 1. The summed E-state index contributed by atoms with van der Waals surface area (Å²) in [5.74, 6) is 0.0944. The molecule has 0 spiro atoms. The van der Waals surface area contributed by atoms with Gasteiger partial charge >= 0.3 is 0 Å². The van der Waals surface area contributed by atoms with E-state index in [1.54, 1.807) is 36.3 Å². The van der Waals surface area contributed by atoms with Gasteiger partial charge in [-0.05, 0) is 48.9 Å². The Morgan fingerprint density at radius 3 is 2.64 bits per heavy atom. The first kappa shape index (κ1) is 17.3. The predicted molar refractivity (Wildman–Crippen MR) is 98.3 cm³/mol. The molecule has 0 aliphatic carbocycles. The van der Waals surface area contributed by atoms with Crippen LogP contribution in [0.5, 0.6) is 5.75 Å². The molecule has 1 fully saturated rings. The first-order valence-corrected chi connectivity index (χ1v) is 8.37. The van der Waals surface area contributed by atoms with Crippen LogP contribution < -0.4 is 15.0 Å². The third kappa shape index (κ3) is 3.77. The minimum atomic E-state index is -0.395. The molecule has 0 unspecified atom stereocenters. The maximum absolute atomic E-state index is 12.5. The maximum atomic E-state index is 12.5. The smallest absolute Gasteiger partial charge is 0.229 e. The molecule has 6 heteroatoms. The Labute approximate surface area is 151 Å². The zero-order valence-corrected chi connectivity index (χ0v) is 14.8. The number of aryl methyl sites for hydroxylation is 1. The van der Waals surface area contributed by atoms with Crippen molar-refractivity contribution in [3.63, 3.8) is 0 Å². The minimum absolute atomic E-state index is 0.0619. The van der Waals surface area contributed by atoms with Crippen molar-refractivity contribution in [2.24, 2.45) is 5.92 Å². The van der Waals surface area contributed by atoms with Gasteiger partial charge in [-0.2, -0.15) is 0 Å². The van der Waals surface area contributed by atoms with Crippen molar-refractivity contribution in [3.05, 3.63) is 53.1 Å². The molecule has 1 saturated heterocycles. The van der Waals surface area contributed by atoms with E-state index in [1.165, 1.54) is 0 Å². The fraction of sp³-hybridized carbons (Fsp3) is 0.263. The van der Waals surface area contributed by atoms with Crippen LogP contribution in [0, 0.1) is 12.8 Å². The predicted octanol–water partition coefficient (Wildman–Crippen LogP) is 3.65. The Morgan fingerprint density at radius 2 is 1.96 bits per heavy atom.